The summed E-state index contributed by atoms with van der Waals surface area (Å²) >= 11 is 3.36. The Bertz CT molecular complexity index is 553. The van der Waals surface area contributed by atoms with Gasteiger partial charge in [0.1, 0.15) is 0 Å². The molecule has 0 N–H and O–H groups in total. The fourth-order valence-corrected chi connectivity index (χ4v) is 4.98. The van der Waals surface area contributed by atoms with Crippen molar-refractivity contribution in [3.8, 4) is 0 Å². The van der Waals surface area contributed by atoms with Gasteiger partial charge >= 0.3 is 0 Å². The fraction of sp³-hybridized carbons (Fsp3) is 0.571. The molecule has 1 aliphatic rings. The van der Waals surface area contributed by atoms with E-state index in [2.05, 4.69) is 15.9 Å². The maximum absolute atomic E-state index is 12.8. The summed E-state index contributed by atoms with van der Waals surface area (Å²) in [6.45, 7) is 4.33. The molecule has 1 fully saturated rings. The summed E-state index contributed by atoms with van der Waals surface area (Å²) in [5.74, 6) is 0. The Morgan fingerprint density at radius 2 is 2.00 bits per heavy atom. The molecule has 0 heterocycles. The first-order valence-corrected chi connectivity index (χ1v) is 9.18. The molecule has 5 heteroatoms. The van der Waals surface area contributed by atoms with E-state index in [1.165, 1.54) is 0 Å². The van der Waals surface area contributed by atoms with Crippen LogP contribution in [0, 0.1) is 13.8 Å². The average molecular weight is 346 g/mol. The van der Waals surface area contributed by atoms with Crippen LogP contribution in [0.5, 0.6) is 0 Å². The highest BCUT2D eigenvalue weighted by molar-refractivity contribution is 9.09. The van der Waals surface area contributed by atoms with Crippen molar-refractivity contribution in [1.29, 1.82) is 0 Å². The first-order valence-electron chi connectivity index (χ1n) is 6.62. The van der Waals surface area contributed by atoms with Crippen molar-refractivity contribution in [2.75, 3.05) is 11.9 Å². The highest BCUT2D eigenvalue weighted by atomic mass is 79.9. The van der Waals surface area contributed by atoms with Crippen molar-refractivity contribution in [1.82, 2.24) is 4.31 Å². The highest BCUT2D eigenvalue weighted by Crippen LogP contribution is 2.31. The van der Waals surface area contributed by atoms with Crippen LogP contribution in [0.4, 0.5) is 0 Å². The Morgan fingerprint density at radius 3 is 2.53 bits per heavy atom. The van der Waals surface area contributed by atoms with E-state index in [1.807, 2.05) is 26.0 Å². The lowest BCUT2D eigenvalue weighted by Gasteiger charge is -2.36. The lowest BCUT2D eigenvalue weighted by atomic mass is 9.93. The van der Waals surface area contributed by atoms with Crippen molar-refractivity contribution >= 4 is 26.0 Å². The molecule has 0 aromatic heterocycles. The summed E-state index contributed by atoms with van der Waals surface area (Å²) < 4.78 is 27.3. The van der Waals surface area contributed by atoms with Crippen LogP contribution in [0.15, 0.2) is 23.1 Å². The van der Waals surface area contributed by atoms with Crippen LogP contribution in [0.3, 0.4) is 0 Å². The second-order valence-corrected chi connectivity index (χ2v) is 7.81. The zero-order chi connectivity index (χ0) is 14.0. The maximum Gasteiger partial charge on any atom is 0.243 e. The molecule has 0 amide bonds. The van der Waals surface area contributed by atoms with Crippen LogP contribution < -0.4 is 0 Å². The van der Waals surface area contributed by atoms with Crippen molar-refractivity contribution in [3.63, 3.8) is 0 Å². The molecule has 0 aliphatic heterocycles. The minimum Gasteiger partial charge on any atom is -0.207 e. The number of sulfonamides is 1. The number of aryl methyl sites for hydroxylation is 2. The first kappa shape index (κ1) is 15.0. The smallest absolute Gasteiger partial charge is 0.207 e. The largest absolute Gasteiger partial charge is 0.243 e. The van der Waals surface area contributed by atoms with E-state index in [1.54, 1.807) is 10.4 Å². The molecule has 1 aromatic carbocycles. The van der Waals surface area contributed by atoms with Gasteiger partial charge in [-0.05, 0) is 43.9 Å². The van der Waals surface area contributed by atoms with E-state index in [4.69, 9.17) is 0 Å². The summed E-state index contributed by atoms with van der Waals surface area (Å²) in [5, 5.41) is 0.674. The minimum atomic E-state index is -3.37. The molecule has 3 nitrogen and oxygen atoms in total. The number of nitrogens with zero attached hydrogens (tertiary/aromatic N) is 1. The Labute approximate surface area is 124 Å². The average Bonchev–Trinajstić information content (AvgIpc) is 2.29. The zero-order valence-corrected chi connectivity index (χ0v) is 13.8. The van der Waals surface area contributed by atoms with Gasteiger partial charge in [-0.15, -0.1) is 0 Å². The Balaban J connectivity index is 2.40. The molecule has 1 aromatic rings. The van der Waals surface area contributed by atoms with Gasteiger partial charge in [0, 0.05) is 17.9 Å². The topological polar surface area (TPSA) is 37.4 Å². The van der Waals surface area contributed by atoms with Gasteiger partial charge in [-0.1, -0.05) is 34.5 Å². The van der Waals surface area contributed by atoms with Gasteiger partial charge in [-0.2, -0.15) is 4.31 Å². The van der Waals surface area contributed by atoms with Gasteiger partial charge in [0.25, 0.3) is 0 Å². The third-order valence-electron chi connectivity index (χ3n) is 3.72. The third-order valence-corrected chi connectivity index (χ3v) is 6.17. The van der Waals surface area contributed by atoms with Gasteiger partial charge in [-0.25, -0.2) is 8.42 Å². The molecule has 0 spiro atoms. The molecule has 19 heavy (non-hydrogen) atoms. The molecule has 106 valence electrons. The molecule has 0 radical (unpaired) electrons. The summed E-state index contributed by atoms with van der Waals surface area (Å²) in [4.78, 5) is 0.459. The number of rotatable bonds is 5. The van der Waals surface area contributed by atoms with E-state index in [9.17, 15) is 8.42 Å². The van der Waals surface area contributed by atoms with E-state index < -0.39 is 10.0 Å². The van der Waals surface area contributed by atoms with Gasteiger partial charge < -0.3 is 0 Å². The number of halogens is 1. The van der Waals surface area contributed by atoms with Gasteiger partial charge in [0.05, 0.1) is 4.90 Å². The zero-order valence-electron chi connectivity index (χ0n) is 11.4. The number of hydrogen-bond acceptors (Lipinski definition) is 2. The van der Waals surface area contributed by atoms with Crippen LogP contribution >= 0.6 is 15.9 Å². The molecule has 2 rings (SSSR count). The Hall–Kier alpha value is -0.390. The summed E-state index contributed by atoms with van der Waals surface area (Å²) in [5.41, 5.74) is 1.81. The SMILES string of the molecule is Cc1ccc(C)c(S(=O)(=O)N(CCBr)C2CCC2)c1. The molecule has 0 atom stereocenters. The Morgan fingerprint density at radius 1 is 1.32 bits per heavy atom. The second-order valence-electron chi connectivity index (χ2n) is 5.16. The monoisotopic (exact) mass is 345 g/mol. The molecule has 1 aliphatic carbocycles. The fourth-order valence-electron chi connectivity index (χ4n) is 2.37. The number of benzene rings is 1. The normalized spacial score (nSPS) is 16.6. The molecule has 0 bridgehead atoms. The first-order chi connectivity index (χ1) is 8.96. The quantitative estimate of drug-likeness (QED) is 0.768. The van der Waals surface area contributed by atoms with Crippen LogP contribution in [-0.2, 0) is 10.0 Å². The van der Waals surface area contributed by atoms with E-state index in [0.29, 0.717) is 16.8 Å². The van der Waals surface area contributed by atoms with E-state index in [0.717, 1.165) is 30.4 Å². The van der Waals surface area contributed by atoms with Gasteiger partial charge in [-0.3, -0.25) is 0 Å². The van der Waals surface area contributed by atoms with Crippen molar-refractivity contribution < 1.29 is 8.42 Å². The minimum absolute atomic E-state index is 0.183. The third kappa shape index (κ3) is 3.03. The van der Waals surface area contributed by atoms with Crippen molar-refractivity contribution in [2.45, 2.75) is 44.0 Å². The second kappa shape index (κ2) is 5.94. The molecular weight excluding hydrogens is 326 g/mol. The van der Waals surface area contributed by atoms with Crippen LogP contribution in [0.25, 0.3) is 0 Å². The lowest BCUT2D eigenvalue weighted by Crippen LogP contribution is -2.45. The number of hydrogen-bond donors (Lipinski definition) is 0. The van der Waals surface area contributed by atoms with Gasteiger partial charge in [0.15, 0.2) is 0 Å². The molecule has 0 saturated heterocycles. The molecule has 0 unspecified atom stereocenters. The molecular formula is C14H20BrNO2S. The van der Waals surface area contributed by atoms with E-state index in [-0.39, 0.29) is 6.04 Å². The standard InChI is InChI=1S/C14H20BrNO2S/c1-11-6-7-12(2)14(10-11)19(17,18)16(9-8-15)13-4-3-5-13/h6-7,10,13H,3-5,8-9H2,1-2H3. The summed E-state index contributed by atoms with van der Waals surface area (Å²) in [6, 6.07) is 5.80. The lowest BCUT2D eigenvalue weighted by molar-refractivity contribution is 0.228. The van der Waals surface area contributed by atoms with Crippen LogP contribution in [0.1, 0.15) is 30.4 Å². The summed E-state index contributed by atoms with van der Waals surface area (Å²) in [7, 11) is -3.37. The maximum atomic E-state index is 12.8. The predicted octanol–water partition coefficient (Wildman–Crippen LogP) is 3.24. The van der Waals surface area contributed by atoms with Crippen LogP contribution in [-0.4, -0.2) is 30.6 Å². The highest BCUT2D eigenvalue weighted by Gasteiger charge is 2.35. The number of alkyl halides is 1. The molecule has 1 saturated carbocycles. The van der Waals surface area contributed by atoms with Crippen molar-refractivity contribution in [2.24, 2.45) is 0 Å². The van der Waals surface area contributed by atoms with Crippen LogP contribution in [0.2, 0.25) is 0 Å². The van der Waals surface area contributed by atoms with Crippen molar-refractivity contribution in [3.05, 3.63) is 29.3 Å². The predicted molar refractivity (Wildman–Crippen MR) is 81.2 cm³/mol. The summed E-state index contributed by atoms with van der Waals surface area (Å²) in [6.07, 6.45) is 3.10. The van der Waals surface area contributed by atoms with E-state index >= 15 is 0 Å². The van der Waals surface area contributed by atoms with Gasteiger partial charge in [0.2, 0.25) is 10.0 Å². The Kier molecular flexibility index (Phi) is 4.69.